The number of nitrogens with two attached hydrogens (primary N) is 1. The van der Waals surface area contributed by atoms with Crippen LogP contribution < -0.4 is 11.1 Å². The highest BCUT2D eigenvalue weighted by molar-refractivity contribution is 6.14. The Hall–Kier alpha value is -4.27. The van der Waals surface area contributed by atoms with Crippen molar-refractivity contribution in [3.05, 3.63) is 82.9 Å². The molecule has 4 N–H and O–H groups in total. The molecule has 1 fully saturated rings. The smallest absolute Gasteiger partial charge is 0.397 e. The molecule has 0 aliphatic carbocycles. The van der Waals surface area contributed by atoms with Gasteiger partial charge < -0.3 is 16.0 Å². The molecule has 196 valence electrons. The predicted octanol–water partition coefficient (Wildman–Crippen LogP) is 3.50. The van der Waals surface area contributed by atoms with Crippen LogP contribution in [0.3, 0.4) is 0 Å². The third kappa shape index (κ3) is 6.73. The topological polar surface area (TPSA) is 111 Å². The maximum absolute atomic E-state index is 13.9. The Balaban J connectivity index is 1.49. The van der Waals surface area contributed by atoms with E-state index in [0.29, 0.717) is 29.9 Å². The highest BCUT2D eigenvalue weighted by atomic mass is 19.4. The van der Waals surface area contributed by atoms with Crippen LogP contribution in [0.5, 0.6) is 0 Å². The van der Waals surface area contributed by atoms with Gasteiger partial charge in [0.1, 0.15) is 5.71 Å². The molecular formula is C27H26F3N7O. The van der Waals surface area contributed by atoms with Gasteiger partial charge in [0.15, 0.2) is 0 Å². The van der Waals surface area contributed by atoms with Crippen LogP contribution in [-0.4, -0.2) is 64.6 Å². The molecule has 1 aromatic carbocycles. The lowest BCUT2D eigenvalue weighted by molar-refractivity contribution is -0.138. The molecule has 1 aliphatic heterocycles. The van der Waals surface area contributed by atoms with Crippen molar-refractivity contribution in [2.24, 2.45) is 0 Å². The minimum absolute atomic E-state index is 0.0240. The fourth-order valence-electron chi connectivity index (χ4n) is 3.97. The third-order valence-corrected chi connectivity index (χ3v) is 6.12. The zero-order valence-electron chi connectivity index (χ0n) is 20.6. The van der Waals surface area contributed by atoms with E-state index in [1.165, 1.54) is 43.0 Å². The second kappa shape index (κ2) is 11.4. The normalized spacial score (nSPS) is 14.4. The molecule has 4 rings (SSSR count). The Morgan fingerprint density at radius 3 is 2.58 bits per heavy atom. The molecule has 0 saturated carbocycles. The summed E-state index contributed by atoms with van der Waals surface area (Å²) in [6.07, 6.45) is 1.06. The number of hydrogen-bond donors (Lipinski definition) is 3. The summed E-state index contributed by atoms with van der Waals surface area (Å²) in [5, 5.41) is 10.6. The maximum Gasteiger partial charge on any atom is 0.416 e. The number of alkyl halides is 3. The standard InChI is InChI=1S/C27H26F3N7O/c1-36-8-10-37(11-9-36)17-19-3-4-21(13-23(19)27(28,29)30)35-26(38)20-12-18(14-34-15-20)2-5-24(31)22-6-7-33-16-25(22)32/h3-4,6-7,12-16,31H,8-11,17,32H2,1H3,(H,35,38). The second-order valence-electron chi connectivity index (χ2n) is 8.95. The number of amides is 1. The van der Waals surface area contributed by atoms with Crippen molar-refractivity contribution in [1.82, 2.24) is 19.8 Å². The molecule has 2 aromatic heterocycles. The van der Waals surface area contributed by atoms with Crippen molar-refractivity contribution in [3.8, 4) is 11.8 Å². The zero-order valence-corrected chi connectivity index (χ0v) is 20.6. The van der Waals surface area contributed by atoms with Gasteiger partial charge in [-0.2, -0.15) is 13.2 Å². The molecule has 0 bridgehead atoms. The summed E-state index contributed by atoms with van der Waals surface area (Å²) < 4.78 is 41.6. The molecule has 0 radical (unpaired) electrons. The van der Waals surface area contributed by atoms with Gasteiger partial charge >= 0.3 is 6.18 Å². The van der Waals surface area contributed by atoms with E-state index in [1.54, 1.807) is 6.07 Å². The van der Waals surface area contributed by atoms with Gasteiger partial charge in [0.25, 0.3) is 5.91 Å². The third-order valence-electron chi connectivity index (χ3n) is 6.12. The summed E-state index contributed by atoms with van der Waals surface area (Å²) in [7, 11) is 1.98. The molecule has 0 unspecified atom stereocenters. The number of piperazine rings is 1. The van der Waals surface area contributed by atoms with E-state index in [4.69, 9.17) is 11.1 Å². The van der Waals surface area contributed by atoms with Gasteiger partial charge in [0.05, 0.1) is 23.0 Å². The minimum atomic E-state index is -4.57. The number of anilines is 2. The van der Waals surface area contributed by atoms with E-state index in [9.17, 15) is 18.0 Å². The SMILES string of the molecule is CN1CCN(Cc2ccc(NC(=O)c3cncc(C#CC(=N)c4ccncc4N)c3)cc2C(F)(F)F)CC1. The van der Waals surface area contributed by atoms with Crippen LogP contribution in [-0.2, 0) is 12.7 Å². The average Bonchev–Trinajstić information content (AvgIpc) is 2.89. The van der Waals surface area contributed by atoms with E-state index in [1.807, 2.05) is 11.9 Å². The van der Waals surface area contributed by atoms with E-state index in [2.05, 4.69) is 32.0 Å². The molecular weight excluding hydrogens is 495 g/mol. The highest BCUT2D eigenvalue weighted by Crippen LogP contribution is 2.34. The van der Waals surface area contributed by atoms with Crippen molar-refractivity contribution in [3.63, 3.8) is 0 Å². The van der Waals surface area contributed by atoms with Gasteiger partial charge in [-0.15, -0.1) is 0 Å². The Kier molecular flexibility index (Phi) is 8.05. The monoisotopic (exact) mass is 521 g/mol. The van der Waals surface area contributed by atoms with E-state index < -0.39 is 17.6 Å². The van der Waals surface area contributed by atoms with Gasteiger partial charge in [-0.05, 0) is 42.8 Å². The van der Waals surface area contributed by atoms with Crippen LogP contribution in [0, 0.1) is 17.3 Å². The Morgan fingerprint density at radius 1 is 1.11 bits per heavy atom. The summed E-state index contributed by atoms with van der Waals surface area (Å²) in [5.74, 6) is 4.79. The first kappa shape index (κ1) is 26.8. The van der Waals surface area contributed by atoms with Crippen LogP contribution in [0.2, 0.25) is 0 Å². The van der Waals surface area contributed by atoms with E-state index in [0.717, 1.165) is 19.2 Å². The van der Waals surface area contributed by atoms with Gasteiger partial charge in [0, 0.05) is 68.1 Å². The lowest BCUT2D eigenvalue weighted by atomic mass is 10.0. The average molecular weight is 522 g/mol. The molecule has 0 spiro atoms. The predicted molar refractivity (Wildman–Crippen MR) is 139 cm³/mol. The number of carbonyl (C=O) groups excluding carboxylic acids is 1. The number of nitrogens with zero attached hydrogens (tertiary/aromatic N) is 4. The quantitative estimate of drug-likeness (QED) is 0.350. The number of nitrogen functional groups attached to an aromatic ring is 1. The zero-order chi connectivity index (χ0) is 27.3. The number of nitrogens with one attached hydrogen (secondary N) is 2. The first-order valence-corrected chi connectivity index (χ1v) is 11.8. The van der Waals surface area contributed by atoms with Crippen LogP contribution >= 0.6 is 0 Å². The largest absolute Gasteiger partial charge is 0.416 e. The first-order valence-electron chi connectivity index (χ1n) is 11.8. The molecule has 3 heterocycles. The van der Waals surface area contributed by atoms with Crippen molar-refractivity contribution in [2.45, 2.75) is 12.7 Å². The number of benzene rings is 1. The summed E-state index contributed by atoms with van der Waals surface area (Å²) in [6.45, 7) is 3.15. The fourth-order valence-corrected chi connectivity index (χ4v) is 3.97. The minimum Gasteiger partial charge on any atom is -0.397 e. The van der Waals surface area contributed by atoms with Gasteiger partial charge in [-0.3, -0.25) is 25.1 Å². The number of likely N-dealkylation sites (N-methyl/N-ethyl adjacent to an activating group) is 1. The molecule has 11 heteroatoms. The summed E-state index contributed by atoms with van der Waals surface area (Å²) in [5.41, 5.74) is 6.40. The van der Waals surface area contributed by atoms with Crippen molar-refractivity contribution >= 4 is 23.0 Å². The van der Waals surface area contributed by atoms with E-state index >= 15 is 0 Å². The molecule has 38 heavy (non-hydrogen) atoms. The Labute approximate surface area is 218 Å². The summed E-state index contributed by atoms with van der Waals surface area (Å²) in [4.78, 5) is 24.8. The summed E-state index contributed by atoms with van der Waals surface area (Å²) >= 11 is 0. The number of halogens is 3. The molecule has 8 nitrogen and oxygen atoms in total. The van der Waals surface area contributed by atoms with Crippen molar-refractivity contribution in [2.75, 3.05) is 44.3 Å². The van der Waals surface area contributed by atoms with Crippen LogP contribution in [0.1, 0.15) is 32.6 Å². The maximum atomic E-state index is 13.9. The first-order chi connectivity index (χ1) is 18.1. The Bertz CT molecular complexity index is 1400. The molecule has 1 amide bonds. The molecule has 3 aromatic rings. The fraction of sp³-hybridized carbons (Fsp3) is 0.259. The van der Waals surface area contributed by atoms with Crippen molar-refractivity contribution < 1.29 is 18.0 Å². The molecule has 1 aliphatic rings. The Morgan fingerprint density at radius 2 is 1.87 bits per heavy atom. The number of hydrogen-bond acceptors (Lipinski definition) is 7. The van der Waals surface area contributed by atoms with Crippen LogP contribution in [0.25, 0.3) is 0 Å². The van der Waals surface area contributed by atoms with Gasteiger partial charge in [-0.25, -0.2) is 0 Å². The lowest BCUT2D eigenvalue weighted by Crippen LogP contribution is -2.44. The van der Waals surface area contributed by atoms with E-state index in [-0.39, 0.29) is 29.1 Å². The van der Waals surface area contributed by atoms with Crippen LogP contribution in [0.4, 0.5) is 24.5 Å². The summed E-state index contributed by atoms with van der Waals surface area (Å²) in [6, 6.07) is 6.86. The number of rotatable bonds is 5. The number of pyridine rings is 2. The van der Waals surface area contributed by atoms with Gasteiger partial charge in [-0.1, -0.05) is 12.0 Å². The second-order valence-corrected chi connectivity index (χ2v) is 8.95. The number of carbonyl (C=O) groups is 1. The molecule has 1 saturated heterocycles. The van der Waals surface area contributed by atoms with Crippen LogP contribution in [0.15, 0.2) is 55.1 Å². The highest BCUT2D eigenvalue weighted by Gasteiger charge is 2.34. The lowest BCUT2D eigenvalue weighted by Gasteiger charge is -2.33. The number of aromatic nitrogens is 2. The molecule has 0 atom stereocenters. The van der Waals surface area contributed by atoms with Crippen molar-refractivity contribution in [1.29, 1.82) is 5.41 Å². The van der Waals surface area contributed by atoms with Gasteiger partial charge in [0.2, 0.25) is 0 Å².